The third-order valence-corrected chi connectivity index (χ3v) is 10.3. The molecule has 2 fully saturated rings. The van der Waals surface area contributed by atoms with Gasteiger partial charge in [-0.05, 0) is 54.6 Å². The van der Waals surface area contributed by atoms with Crippen molar-refractivity contribution in [2.24, 2.45) is 44.4 Å². The Labute approximate surface area is 202 Å². The van der Waals surface area contributed by atoms with E-state index in [0.29, 0.717) is 6.42 Å². The Kier molecular flexibility index (Phi) is 5.10. The molecule has 184 valence electrons. The lowest BCUT2D eigenvalue weighted by molar-refractivity contribution is -0.196. The Morgan fingerprint density at radius 3 is 2.50 bits per heavy atom. The van der Waals surface area contributed by atoms with Gasteiger partial charge in [-0.3, -0.25) is 14.6 Å². The summed E-state index contributed by atoms with van der Waals surface area (Å²) in [6.45, 7) is 12.9. The Bertz CT molecular complexity index is 1040. The van der Waals surface area contributed by atoms with E-state index in [9.17, 15) is 14.4 Å². The molecule has 0 radical (unpaired) electrons. The fraction of sp³-hybridized carbons (Fsp3) is 0.714. The predicted octanol–water partition coefficient (Wildman–Crippen LogP) is 4.47. The Hall–Kier alpha value is -2.24. The van der Waals surface area contributed by atoms with Crippen molar-refractivity contribution in [1.82, 2.24) is 0 Å². The van der Waals surface area contributed by atoms with Crippen molar-refractivity contribution in [3.63, 3.8) is 0 Å². The van der Waals surface area contributed by atoms with Gasteiger partial charge in [-0.1, -0.05) is 40.7 Å². The van der Waals surface area contributed by atoms with Crippen LogP contribution in [0.3, 0.4) is 0 Å². The lowest BCUT2D eigenvalue weighted by atomic mass is 9.38. The van der Waals surface area contributed by atoms with Crippen molar-refractivity contribution in [3.8, 4) is 0 Å². The lowest BCUT2D eigenvalue weighted by Crippen LogP contribution is -2.66. The van der Waals surface area contributed by atoms with E-state index < -0.39 is 16.9 Å². The summed E-state index contributed by atoms with van der Waals surface area (Å²) in [5.74, 6) is -0.254. The summed E-state index contributed by atoms with van der Waals surface area (Å²) in [5, 5.41) is 0. The Morgan fingerprint density at radius 1 is 1.12 bits per heavy atom. The van der Waals surface area contributed by atoms with Crippen LogP contribution < -0.4 is 0 Å². The number of fused-ring (bicyclic) bond motifs is 5. The summed E-state index contributed by atoms with van der Waals surface area (Å²) >= 11 is 0. The molecule has 3 aliphatic carbocycles. The van der Waals surface area contributed by atoms with E-state index in [1.165, 1.54) is 6.92 Å². The van der Waals surface area contributed by atoms with Crippen LogP contribution in [0, 0.1) is 39.4 Å². The summed E-state index contributed by atoms with van der Waals surface area (Å²) < 4.78 is 12.1. The SMILES string of the molecule is CC(=O)O[C@@H]1CC2C(C)(C)C(=O)C=C[C@]2(C)C2CC[C@]3(C)C(=CC(=O)O[C@H]3C3C=NCC3)[C@@]21C. The highest BCUT2D eigenvalue weighted by atomic mass is 16.5. The third kappa shape index (κ3) is 2.99. The van der Waals surface area contributed by atoms with Crippen molar-refractivity contribution in [2.75, 3.05) is 6.54 Å². The van der Waals surface area contributed by atoms with Gasteiger partial charge in [0, 0.05) is 47.9 Å². The minimum absolute atomic E-state index is 0.0400. The fourth-order valence-electron chi connectivity index (χ4n) is 8.63. The molecule has 0 aromatic heterocycles. The molecule has 0 N–H and O–H groups in total. The molecule has 5 rings (SSSR count). The number of rotatable bonds is 2. The number of allylic oxidation sites excluding steroid dienone is 2. The van der Waals surface area contributed by atoms with Crippen molar-refractivity contribution in [3.05, 3.63) is 23.8 Å². The molecular formula is C28H37NO5. The zero-order valence-electron chi connectivity index (χ0n) is 21.2. The molecule has 6 heteroatoms. The lowest BCUT2D eigenvalue weighted by Gasteiger charge is -2.67. The Morgan fingerprint density at radius 2 is 1.85 bits per heavy atom. The monoisotopic (exact) mass is 467 g/mol. The zero-order chi connectivity index (χ0) is 24.7. The number of carbonyl (C=O) groups excluding carboxylic acids is 3. The average molecular weight is 468 g/mol. The van der Waals surface area contributed by atoms with Gasteiger partial charge in [0.25, 0.3) is 0 Å². The number of ether oxygens (including phenoxy) is 2. The van der Waals surface area contributed by atoms with Crippen LogP contribution in [0.15, 0.2) is 28.8 Å². The summed E-state index contributed by atoms with van der Waals surface area (Å²) in [6, 6.07) is 0. The summed E-state index contributed by atoms with van der Waals surface area (Å²) in [4.78, 5) is 42.7. The van der Waals surface area contributed by atoms with Gasteiger partial charge in [0.2, 0.25) is 0 Å². The molecule has 8 atom stereocenters. The number of cyclic esters (lactones) is 1. The number of nitrogens with zero attached hydrogens (tertiary/aromatic N) is 1. The molecule has 0 spiro atoms. The summed E-state index contributed by atoms with van der Waals surface area (Å²) in [6.07, 6.45) is 10.1. The first-order valence-electron chi connectivity index (χ1n) is 12.7. The number of esters is 2. The summed E-state index contributed by atoms with van der Waals surface area (Å²) in [7, 11) is 0. The van der Waals surface area contributed by atoms with Gasteiger partial charge in [0.1, 0.15) is 12.2 Å². The van der Waals surface area contributed by atoms with Crippen molar-refractivity contribution in [1.29, 1.82) is 0 Å². The highest BCUT2D eigenvalue weighted by Gasteiger charge is 2.69. The van der Waals surface area contributed by atoms with Gasteiger partial charge in [-0.15, -0.1) is 0 Å². The molecule has 0 aromatic rings. The highest BCUT2D eigenvalue weighted by molar-refractivity contribution is 5.96. The van der Waals surface area contributed by atoms with Crippen LogP contribution in [0.25, 0.3) is 0 Å². The maximum Gasteiger partial charge on any atom is 0.331 e. The third-order valence-electron chi connectivity index (χ3n) is 10.3. The molecule has 2 heterocycles. The van der Waals surface area contributed by atoms with E-state index in [4.69, 9.17) is 9.47 Å². The van der Waals surface area contributed by atoms with E-state index >= 15 is 0 Å². The van der Waals surface area contributed by atoms with Gasteiger partial charge >= 0.3 is 11.9 Å². The maximum atomic E-state index is 13.0. The second-order valence-electron chi connectivity index (χ2n) is 12.4. The standard InChI is InChI=1S/C28H37NO5/c1-16(30)33-22-13-19-25(2,3)21(31)8-11-26(19,4)18-7-10-27(5)20(28(18,22)6)14-23(32)34-24(27)17-9-12-29-15-17/h8,11,14-15,17-19,22,24H,7,9-10,12-13H2,1-6H3/t17?,18?,19?,22-,24+,26-,27-,28-/m1/s1. The van der Waals surface area contributed by atoms with E-state index in [2.05, 4.69) is 31.8 Å². The maximum absolute atomic E-state index is 13.0. The van der Waals surface area contributed by atoms with E-state index in [0.717, 1.165) is 31.4 Å². The number of hydrogen-bond donors (Lipinski definition) is 0. The normalized spacial score (nSPS) is 46.6. The molecule has 2 aliphatic heterocycles. The van der Waals surface area contributed by atoms with Crippen LogP contribution >= 0.6 is 0 Å². The van der Waals surface area contributed by atoms with E-state index in [1.54, 1.807) is 12.2 Å². The van der Waals surface area contributed by atoms with E-state index in [-0.39, 0.29) is 52.4 Å². The molecule has 2 saturated carbocycles. The van der Waals surface area contributed by atoms with Gasteiger partial charge in [-0.2, -0.15) is 0 Å². The first-order chi connectivity index (χ1) is 15.8. The molecular weight excluding hydrogens is 430 g/mol. The van der Waals surface area contributed by atoms with Crippen LogP contribution in [-0.4, -0.2) is 42.7 Å². The largest absolute Gasteiger partial charge is 0.462 e. The molecule has 0 bridgehead atoms. The minimum atomic E-state index is -0.549. The van der Waals surface area contributed by atoms with Crippen molar-refractivity contribution >= 4 is 23.9 Å². The van der Waals surface area contributed by atoms with Crippen LogP contribution in [0.5, 0.6) is 0 Å². The number of hydrogen-bond acceptors (Lipinski definition) is 6. The van der Waals surface area contributed by atoms with Crippen LogP contribution in [0.1, 0.15) is 67.2 Å². The predicted molar refractivity (Wildman–Crippen MR) is 128 cm³/mol. The molecule has 0 aromatic carbocycles. The molecule has 34 heavy (non-hydrogen) atoms. The van der Waals surface area contributed by atoms with Gasteiger partial charge < -0.3 is 9.47 Å². The second-order valence-corrected chi connectivity index (χ2v) is 12.4. The minimum Gasteiger partial charge on any atom is -0.462 e. The quantitative estimate of drug-likeness (QED) is 0.560. The van der Waals surface area contributed by atoms with E-state index in [1.807, 2.05) is 20.1 Å². The molecule has 3 unspecified atom stereocenters. The first kappa shape index (κ1) is 23.5. The first-order valence-corrected chi connectivity index (χ1v) is 12.7. The average Bonchev–Trinajstić information content (AvgIpc) is 3.28. The topological polar surface area (TPSA) is 82.0 Å². The van der Waals surface area contributed by atoms with Crippen molar-refractivity contribution < 1.29 is 23.9 Å². The fourth-order valence-corrected chi connectivity index (χ4v) is 8.63. The molecule has 0 amide bonds. The Balaban J connectivity index is 1.68. The summed E-state index contributed by atoms with van der Waals surface area (Å²) in [5.41, 5.74) is -0.653. The van der Waals surface area contributed by atoms with Crippen LogP contribution in [-0.2, 0) is 23.9 Å². The van der Waals surface area contributed by atoms with Gasteiger partial charge in [0.15, 0.2) is 5.78 Å². The molecule has 6 nitrogen and oxygen atoms in total. The van der Waals surface area contributed by atoms with Gasteiger partial charge in [0.05, 0.1) is 0 Å². The number of ketones is 1. The van der Waals surface area contributed by atoms with Crippen LogP contribution in [0.2, 0.25) is 0 Å². The van der Waals surface area contributed by atoms with Gasteiger partial charge in [-0.25, -0.2) is 4.79 Å². The van der Waals surface area contributed by atoms with Crippen LogP contribution in [0.4, 0.5) is 0 Å². The van der Waals surface area contributed by atoms with Crippen molar-refractivity contribution in [2.45, 2.75) is 79.4 Å². The highest BCUT2D eigenvalue weighted by Crippen LogP contribution is 2.70. The molecule has 5 aliphatic rings. The zero-order valence-corrected chi connectivity index (χ0v) is 21.2. The number of aliphatic imine (C=N–C) groups is 1. The number of carbonyl (C=O) groups is 3. The second kappa shape index (κ2) is 7.38. The molecule has 0 saturated heterocycles. The smallest absolute Gasteiger partial charge is 0.331 e.